The molecule has 2 aromatic carbocycles. The fourth-order valence-corrected chi connectivity index (χ4v) is 3.42. The van der Waals surface area contributed by atoms with E-state index in [2.05, 4.69) is 38.1 Å². The molecule has 26 heavy (non-hydrogen) atoms. The number of ether oxygens (including phenoxy) is 2. The van der Waals surface area contributed by atoms with Crippen molar-refractivity contribution in [3.05, 3.63) is 64.2 Å². The summed E-state index contributed by atoms with van der Waals surface area (Å²) >= 11 is 0. The van der Waals surface area contributed by atoms with Crippen LogP contribution in [0.5, 0.6) is 5.75 Å². The molecule has 0 heterocycles. The molecular weight excluding hydrogens is 324 g/mol. The first kappa shape index (κ1) is 18.5. The molecule has 1 aliphatic carbocycles. The van der Waals surface area contributed by atoms with Gasteiger partial charge in [0.05, 0.1) is 13.5 Å². The van der Waals surface area contributed by atoms with Crippen LogP contribution in [-0.4, -0.2) is 13.1 Å². The first-order chi connectivity index (χ1) is 12.7. The van der Waals surface area contributed by atoms with Gasteiger partial charge in [0.25, 0.3) is 0 Å². The van der Waals surface area contributed by atoms with Gasteiger partial charge >= 0.3 is 5.97 Å². The molecule has 1 aliphatic rings. The Kier molecular flexibility index (Phi) is 5.97. The molecule has 0 atom stereocenters. The number of carbonyl (C=O) groups is 1. The van der Waals surface area contributed by atoms with E-state index in [1.54, 1.807) is 0 Å². The van der Waals surface area contributed by atoms with Crippen molar-refractivity contribution in [3.8, 4) is 5.75 Å². The van der Waals surface area contributed by atoms with Gasteiger partial charge in [0.2, 0.25) is 0 Å². The van der Waals surface area contributed by atoms with Gasteiger partial charge in [-0.2, -0.15) is 0 Å². The van der Waals surface area contributed by atoms with Crippen LogP contribution in [0.2, 0.25) is 0 Å². The van der Waals surface area contributed by atoms with Crippen LogP contribution < -0.4 is 4.74 Å². The minimum Gasteiger partial charge on any atom is -0.489 e. The van der Waals surface area contributed by atoms with Crippen molar-refractivity contribution in [3.63, 3.8) is 0 Å². The highest BCUT2D eigenvalue weighted by atomic mass is 16.5. The Morgan fingerprint density at radius 2 is 1.88 bits per heavy atom. The molecule has 3 heteroatoms. The van der Waals surface area contributed by atoms with Crippen LogP contribution in [0.3, 0.4) is 0 Å². The third-order valence-corrected chi connectivity index (χ3v) is 5.17. The highest BCUT2D eigenvalue weighted by Crippen LogP contribution is 2.42. The van der Waals surface area contributed by atoms with Crippen LogP contribution in [-0.2, 0) is 35.4 Å². The second-order valence-corrected chi connectivity index (χ2v) is 6.95. The van der Waals surface area contributed by atoms with Gasteiger partial charge in [-0.1, -0.05) is 44.2 Å². The SMILES string of the molecule is CCc1ccc(OCc2c(CC(=O)OC)cccc2C2CC2)c(CC)c1. The predicted octanol–water partition coefficient (Wildman–Crippen LogP) is 4.98. The van der Waals surface area contributed by atoms with Gasteiger partial charge in [0.1, 0.15) is 12.4 Å². The lowest BCUT2D eigenvalue weighted by molar-refractivity contribution is -0.139. The first-order valence-corrected chi connectivity index (χ1v) is 9.58. The Morgan fingerprint density at radius 3 is 2.54 bits per heavy atom. The maximum Gasteiger partial charge on any atom is 0.309 e. The maximum atomic E-state index is 11.8. The second-order valence-electron chi connectivity index (χ2n) is 6.95. The number of esters is 1. The highest BCUT2D eigenvalue weighted by molar-refractivity contribution is 5.73. The Balaban J connectivity index is 1.85. The zero-order valence-electron chi connectivity index (χ0n) is 16.0. The van der Waals surface area contributed by atoms with Crippen molar-refractivity contribution >= 4 is 5.97 Å². The third kappa shape index (κ3) is 4.27. The van der Waals surface area contributed by atoms with E-state index in [9.17, 15) is 4.79 Å². The van der Waals surface area contributed by atoms with Gasteiger partial charge in [0.15, 0.2) is 0 Å². The first-order valence-electron chi connectivity index (χ1n) is 9.58. The molecular formula is C23H28O3. The lowest BCUT2D eigenvalue weighted by Gasteiger charge is -2.17. The van der Waals surface area contributed by atoms with Crippen molar-refractivity contribution < 1.29 is 14.3 Å². The minimum atomic E-state index is -0.208. The molecule has 138 valence electrons. The molecule has 3 nitrogen and oxygen atoms in total. The summed E-state index contributed by atoms with van der Waals surface area (Å²) in [6.45, 7) is 4.82. The van der Waals surface area contributed by atoms with Gasteiger partial charge < -0.3 is 9.47 Å². The van der Waals surface area contributed by atoms with Crippen molar-refractivity contribution in [2.75, 3.05) is 7.11 Å². The topological polar surface area (TPSA) is 35.5 Å². The zero-order chi connectivity index (χ0) is 18.5. The molecule has 0 amide bonds. The summed E-state index contributed by atoms with van der Waals surface area (Å²) in [5, 5.41) is 0. The molecule has 0 unspecified atom stereocenters. The van der Waals surface area contributed by atoms with E-state index < -0.39 is 0 Å². The molecule has 3 rings (SSSR count). The van der Waals surface area contributed by atoms with E-state index in [4.69, 9.17) is 9.47 Å². The maximum absolute atomic E-state index is 11.8. The number of hydrogen-bond donors (Lipinski definition) is 0. The van der Waals surface area contributed by atoms with Crippen LogP contribution in [0.25, 0.3) is 0 Å². The number of hydrogen-bond acceptors (Lipinski definition) is 3. The largest absolute Gasteiger partial charge is 0.489 e. The molecule has 1 fully saturated rings. The van der Waals surface area contributed by atoms with Crippen LogP contribution in [0.15, 0.2) is 36.4 Å². The van der Waals surface area contributed by atoms with Gasteiger partial charge in [-0.3, -0.25) is 4.79 Å². The molecule has 0 N–H and O–H groups in total. The number of carbonyl (C=O) groups excluding carboxylic acids is 1. The highest BCUT2D eigenvalue weighted by Gasteiger charge is 2.27. The summed E-state index contributed by atoms with van der Waals surface area (Å²) in [4.78, 5) is 11.8. The quantitative estimate of drug-likeness (QED) is 0.628. The minimum absolute atomic E-state index is 0.208. The fraction of sp³-hybridized carbons (Fsp3) is 0.435. The summed E-state index contributed by atoms with van der Waals surface area (Å²) < 4.78 is 11.1. The molecule has 0 spiro atoms. The van der Waals surface area contributed by atoms with Crippen LogP contribution in [0, 0.1) is 0 Å². The van der Waals surface area contributed by atoms with E-state index in [0.717, 1.165) is 29.7 Å². The van der Waals surface area contributed by atoms with Gasteiger partial charge in [-0.05, 0) is 65.5 Å². The van der Waals surface area contributed by atoms with E-state index in [0.29, 0.717) is 18.9 Å². The number of benzene rings is 2. The normalized spacial score (nSPS) is 13.5. The fourth-order valence-electron chi connectivity index (χ4n) is 3.42. The Labute approximate surface area is 156 Å². The molecule has 0 bridgehead atoms. The summed E-state index contributed by atoms with van der Waals surface area (Å²) in [6, 6.07) is 12.7. The Morgan fingerprint density at radius 1 is 1.08 bits per heavy atom. The van der Waals surface area contributed by atoms with Crippen molar-refractivity contribution in [1.82, 2.24) is 0 Å². The average Bonchev–Trinajstić information content (AvgIpc) is 3.51. The average molecular weight is 352 g/mol. The standard InChI is InChI=1S/C23H28O3/c1-4-16-9-12-22(17(5-2)13-16)26-15-21-19(14-23(24)25-3)7-6-8-20(21)18-10-11-18/h6-9,12-13,18H,4-5,10-11,14-15H2,1-3H3. The molecule has 0 saturated heterocycles. The summed E-state index contributed by atoms with van der Waals surface area (Å²) in [5.41, 5.74) is 6.07. The molecule has 2 aromatic rings. The van der Waals surface area contributed by atoms with Gasteiger partial charge in [0, 0.05) is 0 Å². The number of rotatable bonds is 8. The van der Waals surface area contributed by atoms with Gasteiger partial charge in [-0.25, -0.2) is 0 Å². The van der Waals surface area contributed by atoms with Crippen molar-refractivity contribution in [2.45, 2.75) is 58.5 Å². The van der Waals surface area contributed by atoms with E-state index in [1.165, 1.54) is 36.6 Å². The van der Waals surface area contributed by atoms with Crippen LogP contribution in [0.4, 0.5) is 0 Å². The van der Waals surface area contributed by atoms with E-state index >= 15 is 0 Å². The monoisotopic (exact) mass is 352 g/mol. The van der Waals surface area contributed by atoms with E-state index in [1.807, 2.05) is 12.1 Å². The molecule has 0 radical (unpaired) electrons. The lowest BCUT2D eigenvalue weighted by Crippen LogP contribution is -2.11. The molecule has 1 saturated carbocycles. The second kappa shape index (κ2) is 8.39. The molecule has 0 aliphatic heterocycles. The van der Waals surface area contributed by atoms with Crippen molar-refractivity contribution in [1.29, 1.82) is 0 Å². The smallest absolute Gasteiger partial charge is 0.309 e. The summed E-state index contributed by atoms with van der Waals surface area (Å²) in [7, 11) is 1.44. The number of methoxy groups -OCH3 is 1. The zero-order valence-corrected chi connectivity index (χ0v) is 16.0. The van der Waals surface area contributed by atoms with E-state index in [-0.39, 0.29) is 5.97 Å². The van der Waals surface area contributed by atoms with Crippen LogP contribution in [0.1, 0.15) is 60.4 Å². The molecule has 0 aromatic heterocycles. The number of aryl methyl sites for hydroxylation is 2. The summed E-state index contributed by atoms with van der Waals surface area (Å²) in [5.74, 6) is 1.35. The summed E-state index contributed by atoms with van der Waals surface area (Å²) in [6.07, 6.45) is 4.72. The van der Waals surface area contributed by atoms with Crippen LogP contribution >= 0.6 is 0 Å². The Hall–Kier alpha value is -2.29. The lowest BCUT2D eigenvalue weighted by atomic mass is 9.96. The third-order valence-electron chi connectivity index (χ3n) is 5.17. The van der Waals surface area contributed by atoms with Crippen molar-refractivity contribution in [2.24, 2.45) is 0 Å². The predicted molar refractivity (Wildman–Crippen MR) is 104 cm³/mol. The Bertz CT molecular complexity index is 775. The van der Waals surface area contributed by atoms with Gasteiger partial charge in [-0.15, -0.1) is 0 Å².